The normalized spacial score (nSPS) is 9.62. The van der Waals surface area contributed by atoms with Gasteiger partial charge in [-0.1, -0.05) is 12.8 Å². The number of urea groups is 1. The number of hydrogen-bond donors (Lipinski definition) is 3. The minimum Gasteiger partial charge on any atom is -0.351 e. The summed E-state index contributed by atoms with van der Waals surface area (Å²) in [5.74, 6) is -0.305. The summed E-state index contributed by atoms with van der Waals surface area (Å²) in [7, 11) is 0. The van der Waals surface area contributed by atoms with Gasteiger partial charge in [0.25, 0.3) is 0 Å². The van der Waals surface area contributed by atoms with Crippen molar-refractivity contribution >= 4 is 11.9 Å². The van der Waals surface area contributed by atoms with E-state index in [2.05, 4.69) is 0 Å². The topological polar surface area (TPSA) is 98.2 Å². The van der Waals surface area contributed by atoms with Gasteiger partial charge in [0.05, 0.1) is 0 Å². The number of primary amides is 1. The highest BCUT2D eigenvalue weighted by atomic mass is 16.2. The molecule has 0 aliphatic carbocycles. The molecule has 0 atom stereocenters. The van der Waals surface area contributed by atoms with Crippen LogP contribution in [0.25, 0.3) is 0 Å². The number of hydrogen-bond acceptors (Lipinski definition) is 3. The first-order chi connectivity index (χ1) is 6.16. The molecule has 5 heteroatoms. The maximum atomic E-state index is 10.8. The van der Waals surface area contributed by atoms with Gasteiger partial charge in [0.2, 0.25) is 5.91 Å². The molecule has 0 spiro atoms. The number of nitrogens with two attached hydrogens (primary N) is 2. The molecule has 13 heavy (non-hydrogen) atoms. The zero-order valence-corrected chi connectivity index (χ0v) is 7.71. The Bertz CT molecular complexity index is 171. The molecule has 0 fully saturated rings. The second-order valence-corrected chi connectivity index (χ2v) is 2.87. The van der Waals surface area contributed by atoms with E-state index in [1.807, 2.05) is 5.32 Å². The minimum atomic E-state index is -0.785. The Morgan fingerprint density at radius 1 is 1.08 bits per heavy atom. The van der Waals surface area contributed by atoms with Gasteiger partial charge in [-0.05, 0) is 19.4 Å². The number of imide groups is 1. The molecule has 0 heterocycles. The molecule has 0 saturated carbocycles. The predicted molar refractivity (Wildman–Crippen MR) is 49.9 cm³/mol. The maximum absolute atomic E-state index is 10.8. The smallest absolute Gasteiger partial charge is 0.318 e. The first-order valence-corrected chi connectivity index (χ1v) is 4.46. The SMILES string of the molecule is NCCCCCCC(=O)NC(N)=O. The highest BCUT2D eigenvalue weighted by Gasteiger charge is 2.02. The fourth-order valence-corrected chi connectivity index (χ4v) is 0.983. The van der Waals surface area contributed by atoms with Crippen molar-refractivity contribution in [2.24, 2.45) is 11.5 Å². The van der Waals surface area contributed by atoms with Crippen LogP contribution in [0.3, 0.4) is 0 Å². The summed E-state index contributed by atoms with van der Waals surface area (Å²) >= 11 is 0. The fraction of sp³-hybridized carbons (Fsp3) is 0.750. The van der Waals surface area contributed by atoms with Crippen LogP contribution in [-0.4, -0.2) is 18.5 Å². The van der Waals surface area contributed by atoms with Crippen molar-refractivity contribution in [1.29, 1.82) is 0 Å². The van der Waals surface area contributed by atoms with Crippen molar-refractivity contribution in [3.63, 3.8) is 0 Å². The van der Waals surface area contributed by atoms with Crippen molar-refractivity contribution in [3.8, 4) is 0 Å². The van der Waals surface area contributed by atoms with Crippen LogP contribution in [0.4, 0.5) is 4.79 Å². The molecule has 5 N–H and O–H groups in total. The Hall–Kier alpha value is -1.10. The molecule has 5 nitrogen and oxygen atoms in total. The second-order valence-electron chi connectivity index (χ2n) is 2.87. The van der Waals surface area contributed by atoms with Gasteiger partial charge in [0.15, 0.2) is 0 Å². The lowest BCUT2D eigenvalue weighted by Crippen LogP contribution is -2.34. The predicted octanol–water partition coefficient (Wildman–Crippen LogP) is 0.0905. The Morgan fingerprint density at radius 3 is 2.23 bits per heavy atom. The standard InChI is InChI=1S/C8H17N3O2/c9-6-4-2-1-3-5-7(12)11-8(10)13/h1-6,9H2,(H3,10,11,12,13). The van der Waals surface area contributed by atoms with Crippen LogP contribution in [0, 0.1) is 0 Å². The third-order valence-electron chi connectivity index (χ3n) is 1.62. The Labute approximate surface area is 77.8 Å². The lowest BCUT2D eigenvalue weighted by atomic mass is 10.1. The molecule has 3 amide bonds. The summed E-state index contributed by atoms with van der Waals surface area (Å²) in [6, 6.07) is -0.785. The average molecular weight is 187 g/mol. The van der Waals surface area contributed by atoms with Crippen molar-refractivity contribution in [2.75, 3.05) is 6.54 Å². The van der Waals surface area contributed by atoms with E-state index in [9.17, 15) is 9.59 Å². The molecule has 0 aromatic carbocycles. The van der Waals surface area contributed by atoms with E-state index in [0.29, 0.717) is 13.0 Å². The molecule has 0 aliphatic rings. The third-order valence-corrected chi connectivity index (χ3v) is 1.62. The highest BCUT2D eigenvalue weighted by molar-refractivity contribution is 5.93. The molecule has 76 valence electrons. The number of nitrogens with one attached hydrogen (secondary N) is 1. The van der Waals surface area contributed by atoms with Gasteiger partial charge < -0.3 is 11.5 Å². The molecule has 0 radical (unpaired) electrons. The molecule has 0 bridgehead atoms. The van der Waals surface area contributed by atoms with Crippen molar-refractivity contribution in [1.82, 2.24) is 5.32 Å². The van der Waals surface area contributed by atoms with Gasteiger partial charge in [0, 0.05) is 6.42 Å². The summed E-state index contributed by atoms with van der Waals surface area (Å²) < 4.78 is 0. The number of amides is 3. The maximum Gasteiger partial charge on any atom is 0.318 e. The Kier molecular flexibility index (Phi) is 6.91. The van der Waals surface area contributed by atoms with Gasteiger partial charge in [-0.3, -0.25) is 10.1 Å². The van der Waals surface area contributed by atoms with Gasteiger partial charge in [-0.15, -0.1) is 0 Å². The molecular formula is C8H17N3O2. The highest BCUT2D eigenvalue weighted by Crippen LogP contribution is 2.01. The van der Waals surface area contributed by atoms with Crippen molar-refractivity contribution in [3.05, 3.63) is 0 Å². The minimum absolute atomic E-state index is 0.305. The molecule has 0 unspecified atom stereocenters. The number of rotatable bonds is 6. The first kappa shape index (κ1) is 11.9. The van der Waals surface area contributed by atoms with E-state index in [0.717, 1.165) is 25.7 Å². The molecule has 0 aliphatic heterocycles. The summed E-state index contributed by atoms with van der Waals surface area (Å²) in [6.45, 7) is 0.688. The van der Waals surface area contributed by atoms with Gasteiger partial charge in [-0.25, -0.2) is 4.79 Å². The van der Waals surface area contributed by atoms with Crippen LogP contribution in [-0.2, 0) is 4.79 Å². The first-order valence-electron chi connectivity index (χ1n) is 4.46. The molecule has 0 rings (SSSR count). The van der Waals surface area contributed by atoms with Gasteiger partial charge in [-0.2, -0.15) is 0 Å². The zero-order chi connectivity index (χ0) is 10.1. The Morgan fingerprint density at radius 2 is 1.69 bits per heavy atom. The molecule has 0 saturated heterocycles. The molecule has 0 aromatic heterocycles. The van der Waals surface area contributed by atoms with E-state index in [1.54, 1.807) is 0 Å². The van der Waals surface area contributed by atoms with Crippen LogP contribution in [0.2, 0.25) is 0 Å². The Balaban J connectivity index is 3.22. The summed E-state index contributed by atoms with van der Waals surface area (Å²) in [6.07, 6.45) is 4.10. The van der Waals surface area contributed by atoms with Crippen LogP contribution >= 0.6 is 0 Å². The summed E-state index contributed by atoms with van der Waals surface area (Å²) in [5.41, 5.74) is 10.1. The van der Waals surface area contributed by atoms with E-state index < -0.39 is 6.03 Å². The van der Waals surface area contributed by atoms with Crippen LogP contribution in [0.5, 0.6) is 0 Å². The van der Waals surface area contributed by atoms with E-state index in [-0.39, 0.29) is 5.91 Å². The monoisotopic (exact) mass is 187 g/mol. The van der Waals surface area contributed by atoms with Gasteiger partial charge in [0.1, 0.15) is 0 Å². The summed E-state index contributed by atoms with van der Waals surface area (Å²) in [5, 5.41) is 2.01. The summed E-state index contributed by atoms with van der Waals surface area (Å²) in [4.78, 5) is 21.1. The lowest BCUT2D eigenvalue weighted by Gasteiger charge is -2.00. The number of carbonyl (C=O) groups is 2. The average Bonchev–Trinajstić information content (AvgIpc) is 2.02. The zero-order valence-electron chi connectivity index (χ0n) is 7.71. The van der Waals surface area contributed by atoms with E-state index >= 15 is 0 Å². The fourth-order valence-electron chi connectivity index (χ4n) is 0.983. The molecule has 0 aromatic rings. The third kappa shape index (κ3) is 8.81. The van der Waals surface area contributed by atoms with Crippen LogP contribution in [0.15, 0.2) is 0 Å². The van der Waals surface area contributed by atoms with Crippen molar-refractivity contribution < 1.29 is 9.59 Å². The van der Waals surface area contributed by atoms with Gasteiger partial charge >= 0.3 is 6.03 Å². The molecular weight excluding hydrogens is 170 g/mol. The van der Waals surface area contributed by atoms with Crippen LogP contribution in [0.1, 0.15) is 32.1 Å². The van der Waals surface area contributed by atoms with Crippen molar-refractivity contribution in [2.45, 2.75) is 32.1 Å². The number of carbonyl (C=O) groups excluding carboxylic acids is 2. The van der Waals surface area contributed by atoms with Crippen LogP contribution < -0.4 is 16.8 Å². The lowest BCUT2D eigenvalue weighted by molar-refractivity contribution is -0.120. The second kappa shape index (κ2) is 7.54. The van der Waals surface area contributed by atoms with E-state index in [4.69, 9.17) is 11.5 Å². The quantitative estimate of drug-likeness (QED) is 0.514. The number of unbranched alkanes of at least 4 members (excludes halogenated alkanes) is 3. The largest absolute Gasteiger partial charge is 0.351 e. The van der Waals surface area contributed by atoms with E-state index in [1.165, 1.54) is 0 Å².